The SMILES string of the molecule is COc1cc2oc(=O)c3c(c2cc1OC)CCN(CCC1NC2CCC1CC2)C3. The van der Waals surface area contributed by atoms with Crippen molar-refractivity contribution in [2.75, 3.05) is 27.3 Å². The van der Waals surface area contributed by atoms with E-state index in [4.69, 9.17) is 13.9 Å². The van der Waals surface area contributed by atoms with E-state index in [0.29, 0.717) is 29.7 Å². The summed E-state index contributed by atoms with van der Waals surface area (Å²) in [6.07, 6.45) is 7.48. The van der Waals surface area contributed by atoms with Crippen molar-refractivity contribution in [2.24, 2.45) is 5.92 Å². The van der Waals surface area contributed by atoms with Gasteiger partial charge in [0.25, 0.3) is 0 Å². The molecule has 1 unspecified atom stereocenters. The van der Waals surface area contributed by atoms with Gasteiger partial charge in [0.05, 0.1) is 19.8 Å². The maximum absolute atomic E-state index is 12.7. The monoisotopic (exact) mass is 398 g/mol. The minimum atomic E-state index is -0.223. The molecular weight excluding hydrogens is 368 g/mol. The zero-order chi connectivity index (χ0) is 20.0. The lowest BCUT2D eigenvalue weighted by atomic mass is 9.75. The lowest BCUT2D eigenvalue weighted by molar-refractivity contribution is 0.126. The molecule has 1 atom stereocenters. The molecule has 1 N–H and O–H groups in total. The van der Waals surface area contributed by atoms with E-state index in [9.17, 15) is 4.79 Å². The Labute approximate surface area is 171 Å². The van der Waals surface area contributed by atoms with Crippen molar-refractivity contribution in [1.29, 1.82) is 0 Å². The molecule has 2 saturated heterocycles. The number of nitrogens with zero attached hydrogens (tertiary/aromatic N) is 1. The van der Waals surface area contributed by atoms with E-state index in [1.54, 1.807) is 20.3 Å². The van der Waals surface area contributed by atoms with Crippen LogP contribution in [0.15, 0.2) is 21.3 Å². The summed E-state index contributed by atoms with van der Waals surface area (Å²) < 4.78 is 16.5. The van der Waals surface area contributed by atoms with Crippen LogP contribution in [0, 0.1) is 5.92 Å². The minimum Gasteiger partial charge on any atom is -0.493 e. The minimum absolute atomic E-state index is 0.223. The summed E-state index contributed by atoms with van der Waals surface area (Å²) >= 11 is 0. The molecule has 0 amide bonds. The van der Waals surface area contributed by atoms with Crippen molar-refractivity contribution in [2.45, 2.75) is 57.2 Å². The summed E-state index contributed by atoms with van der Waals surface area (Å²) in [5.41, 5.74) is 2.25. The second kappa shape index (κ2) is 7.65. The molecule has 1 saturated carbocycles. The van der Waals surface area contributed by atoms with Gasteiger partial charge in [-0.3, -0.25) is 4.90 Å². The molecule has 1 aromatic heterocycles. The van der Waals surface area contributed by atoms with E-state index in [0.717, 1.165) is 48.0 Å². The molecule has 1 aliphatic carbocycles. The first-order valence-corrected chi connectivity index (χ1v) is 10.8. The summed E-state index contributed by atoms with van der Waals surface area (Å²) in [6, 6.07) is 5.08. The van der Waals surface area contributed by atoms with E-state index in [1.165, 1.54) is 32.1 Å². The number of hydrogen-bond donors (Lipinski definition) is 1. The fourth-order valence-electron chi connectivity index (χ4n) is 5.60. The summed E-state index contributed by atoms with van der Waals surface area (Å²) in [6.45, 7) is 2.67. The summed E-state index contributed by atoms with van der Waals surface area (Å²) in [7, 11) is 3.22. The van der Waals surface area contributed by atoms with Crippen LogP contribution in [-0.4, -0.2) is 44.3 Å². The van der Waals surface area contributed by atoms with Crippen LogP contribution in [0.2, 0.25) is 0 Å². The first-order valence-electron chi connectivity index (χ1n) is 10.8. The average Bonchev–Trinajstić information content (AvgIpc) is 2.77. The highest BCUT2D eigenvalue weighted by Gasteiger charge is 2.35. The smallest absolute Gasteiger partial charge is 0.341 e. The molecule has 1 aromatic carbocycles. The van der Waals surface area contributed by atoms with Crippen molar-refractivity contribution < 1.29 is 13.9 Å². The van der Waals surface area contributed by atoms with Crippen molar-refractivity contribution in [3.05, 3.63) is 33.7 Å². The lowest BCUT2D eigenvalue weighted by Gasteiger charge is -2.44. The van der Waals surface area contributed by atoms with Gasteiger partial charge in [-0.15, -0.1) is 0 Å². The largest absolute Gasteiger partial charge is 0.493 e. The molecule has 2 bridgehead atoms. The molecule has 4 heterocycles. The van der Waals surface area contributed by atoms with Crippen LogP contribution >= 0.6 is 0 Å². The zero-order valence-corrected chi connectivity index (χ0v) is 17.3. The van der Waals surface area contributed by atoms with Gasteiger partial charge < -0.3 is 19.2 Å². The van der Waals surface area contributed by atoms with Gasteiger partial charge in [-0.1, -0.05) is 0 Å². The maximum Gasteiger partial charge on any atom is 0.341 e. The Morgan fingerprint density at radius 3 is 2.55 bits per heavy atom. The van der Waals surface area contributed by atoms with Crippen molar-refractivity contribution in [1.82, 2.24) is 10.2 Å². The van der Waals surface area contributed by atoms with Crippen LogP contribution in [0.1, 0.15) is 43.2 Å². The molecule has 156 valence electrons. The Morgan fingerprint density at radius 1 is 1.10 bits per heavy atom. The van der Waals surface area contributed by atoms with E-state index in [2.05, 4.69) is 10.2 Å². The van der Waals surface area contributed by atoms with Gasteiger partial charge in [-0.05, 0) is 62.6 Å². The molecule has 3 fully saturated rings. The van der Waals surface area contributed by atoms with Gasteiger partial charge in [0, 0.05) is 36.6 Å². The van der Waals surface area contributed by atoms with Gasteiger partial charge in [0.2, 0.25) is 0 Å². The van der Waals surface area contributed by atoms with Crippen LogP contribution < -0.4 is 20.4 Å². The number of fused-ring (bicyclic) bond motifs is 6. The topological polar surface area (TPSA) is 63.9 Å². The first kappa shape index (κ1) is 18.9. The predicted molar refractivity (Wildman–Crippen MR) is 112 cm³/mol. The maximum atomic E-state index is 12.7. The highest BCUT2D eigenvalue weighted by molar-refractivity contribution is 5.85. The summed E-state index contributed by atoms with van der Waals surface area (Å²) in [4.78, 5) is 15.1. The Kier molecular flexibility index (Phi) is 5.00. The number of benzene rings is 1. The number of ether oxygens (including phenoxy) is 2. The van der Waals surface area contributed by atoms with Crippen LogP contribution in [0.4, 0.5) is 0 Å². The van der Waals surface area contributed by atoms with E-state index < -0.39 is 0 Å². The summed E-state index contributed by atoms with van der Waals surface area (Å²) in [5, 5.41) is 4.80. The molecule has 6 rings (SSSR count). The van der Waals surface area contributed by atoms with Gasteiger partial charge in [-0.25, -0.2) is 4.79 Å². The molecular formula is C23H30N2O4. The Morgan fingerprint density at radius 2 is 1.86 bits per heavy atom. The highest BCUT2D eigenvalue weighted by atomic mass is 16.5. The third kappa shape index (κ3) is 3.42. The highest BCUT2D eigenvalue weighted by Crippen LogP contribution is 2.36. The Balaban J connectivity index is 1.36. The molecule has 2 aromatic rings. The van der Waals surface area contributed by atoms with Gasteiger partial charge in [0.1, 0.15) is 5.58 Å². The summed E-state index contributed by atoms with van der Waals surface area (Å²) in [5.74, 6) is 2.08. The van der Waals surface area contributed by atoms with E-state index >= 15 is 0 Å². The van der Waals surface area contributed by atoms with Crippen LogP contribution in [0.25, 0.3) is 11.0 Å². The predicted octanol–water partition coefficient (Wildman–Crippen LogP) is 3.09. The van der Waals surface area contributed by atoms with Crippen LogP contribution in [0.3, 0.4) is 0 Å². The molecule has 29 heavy (non-hydrogen) atoms. The van der Waals surface area contributed by atoms with Crippen LogP contribution in [-0.2, 0) is 13.0 Å². The van der Waals surface area contributed by atoms with Crippen molar-refractivity contribution >= 4 is 11.0 Å². The molecule has 0 spiro atoms. The van der Waals surface area contributed by atoms with Gasteiger partial charge >= 0.3 is 5.63 Å². The average molecular weight is 399 g/mol. The third-order valence-electron chi connectivity index (χ3n) is 7.23. The quantitative estimate of drug-likeness (QED) is 0.781. The number of piperidine rings is 2. The van der Waals surface area contributed by atoms with E-state index in [-0.39, 0.29) is 5.63 Å². The first-order chi connectivity index (χ1) is 14.2. The molecule has 6 nitrogen and oxygen atoms in total. The van der Waals surface area contributed by atoms with E-state index in [1.807, 2.05) is 6.07 Å². The third-order valence-corrected chi connectivity index (χ3v) is 7.23. The fourth-order valence-corrected chi connectivity index (χ4v) is 5.60. The molecule has 4 aliphatic rings. The normalized spacial score (nSPS) is 26.5. The second-order valence-corrected chi connectivity index (χ2v) is 8.75. The molecule has 6 heteroatoms. The number of hydrogen-bond acceptors (Lipinski definition) is 6. The number of rotatable bonds is 5. The number of methoxy groups -OCH3 is 2. The number of nitrogens with one attached hydrogen (secondary N) is 1. The lowest BCUT2D eigenvalue weighted by Crippen LogP contribution is -2.53. The fraction of sp³-hybridized carbons (Fsp3) is 0.609. The molecule has 3 aliphatic heterocycles. The Hall–Kier alpha value is -2.05. The Bertz CT molecular complexity index is 961. The van der Waals surface area contributed by atoms with Crippen molar-refractivity contribution in [3.8, 4) is 11.5 Å². The zero-order valence-electron chi connectivity index (χ0n) is 17.3. The van der Waals surface area contributed by atoms with Crippen LogP contribution in [0.5, 0.6) is 11.5 Å². The van der Waals surface area contributed by atoms with Crippen molar-refractivity contribution in [3.63, 3.8) is 0 Å². The standard InChI is InChI=1S/C23H30N2O4/c1-27-21-11-17-16-7-9-25(10-8-19-14-3-5-15(24-19)6-4-14)13-18(16)23(26)29-20(17)12-22(21)28-2/h11-12,14-15,19,24H,3-10,13H2,1-2H3. The molecule has 0 radical (unpaired) electrons. The second-order valence-electron chi connectivity index (χ2n) is 8.75. The van der Waals surface area contributed by atoms with Gasteiger partial charge in [0.15, 0.2) is 11.5 Å². The van der Waals surface area contributed by atoms with Gasteiger partial charge in [-0.2, -0.15) is 0 Å².